The molecule has 0 bridgehead atoms. The van der Waals surface area contributed by atoms with Crippen molar-refractivity contribution in [3.63, 3.8) is 0 Å². The Labute approximate surface area is 72.1 Å². The number of methoxy groups -OCH3 is 1. The lowest BCUT2D eigenvalue weighted by Gasteiger charge is -2.00. The van der Waals surface area contributed by atoms with Gasteiger partial charge in [-0.3, -0.25) is 9.59 Å². The summed E-state index contributed by atoms with van der Waals surface area (Å²) >= 11 is 0. The molecule has 0 aromatic rings. The molecule has 0 radical (unpaired) electrons. The van der Waals surface area contributed by atoms with Crippen molar-refractivity contribution in [2.45, 2.75) is 26.7 Å². The normalized spacial score (nSPS) is 24.8. The molecule has 0 amide bonds. The number of carbonyl (C=O) groups is 2. The van der Waals surface area contributed by atoms with Crippen molar-refractivity contribution < 1.29 is 14.3 Å². The molecule has 1 aliphatic carbocycles. The molecule has 0 aromatic heterocycles. The first kappa shape index (κ1) is 9.23. The Balaban J connectivity index is 2.37. The highest BCUT2D eigenvalue weighted by atomic mass is 16.5. The van der Waals surface area contributed by atoms with Gasteiger partial charge in [-0.1, -0.05) is 13.8 Å². The molecule has 12 heavy (non-hydrogen) atoms. The van der Waals surface area contributed by atoms with Gasteiger partial charge >= 0.3 is 5.97 Å². The van der Waals surface area contributed by atoms with Gasteiger partial charge in [0, 0.05) is 5.92 Å². The van der Waals surface area contributed by atoms with Crippen molar-refractivity contribution in [1.82, 2.24) is 0 Å². The van der Waals surface area contributed by atoms with Gasteiger partial charge in [-0.15, -0.1) is 0 Å². The van der Waals surface area contributed by atoms with Crippen molar-refractivity contribution in [2.75, 3.05) is 7.11 Å². The quantitative estimate of drug-likeness (QED) is 0.471. The Hall–Kier alpha value is -0.860. The Kier molecular flexibility index (Phi) is 2.22. The zero-order valence-corrected chi connectivity index (χ0v) is 7.72. The lowest BCUT2D eigenvalue weighted by molar-refractivity contribution is -0.143. The zero-order chi connectivity index (χ0) is 9.35. The minimum absolute atomic E-state index is 0.0202. The Morgan fingerprint density at radius 3 is 2.33 bits per heavy atom. The highest BCUT2D eigenvalue weighted by Gasteiger charge is 2.50. The van der Waals surface area contributed by atoms with Gasteiger partial charge in [0.2, 0.25) is 0 Å². The van der Waals surface area contributed by atoms with E-state index in [0.717, 1.165) is 6.42 Å². The lowest BCUT2D eigenvalue weighted by atomic mass is 10.1. The van der Waals surface area contributed by atoms with Gasteiger partial charge in [0.15, 0.2) is 0 Å². The maximum Gasteiger partial charge on any atom is 0.313 e. The van der Waals surface area contributed by atoms with Crippen LogP contribution in [-0.2, 0) is 14.3 Å². The molecule has 3 nitrogen and oxygen atoms in total. The molecular formula is C9H14O3. The van der Waals surface area contributed by atoms with Gasteiger partial charge in [0.1, 0.15) is 12.2 Å². The zero-order valence-electron chi connectivity index (χ0n) is 7.72. The maximum absolute atomic E-state index is 11.3. The van der Waals surface area contributed by atoms with Gasteiger partial charge in [0.05, 0.1) is 7.11 Å². The van der Waals surface area contributed by atoms with E-state index < -0.39 is 5.97 Å². The first-order chi connectivity index (χ1) is 5.47. The third-order valence-corrected chi connectivity index (χ3v) is 2.45. The molecule has 1 aliphatic rings. The topological polar surface area (TPSA) is 43.4 Å². The van der Waals surface area contributed by atoms with Crippen LogP contribution in [0.5, 0.6) is 0 Å². The molecule has 0 heterocycles. The first-order valence-electron chi connectivity index (χ1n) is 4.07. The predicted octanol–water partition coefficient (Wildman–Crippen LogP) is 1.16. The van der Waals surface area contributed by atoms with Gasteiger partial charge in [-0.2, -0.15) is 0 Å². The molecular weight excluding hydrogens is 156 g/mol. The van der Waals surface area contributed by atoms with Crippen LogP contribution in [0.2, 0.25) is 0 Å². The van der Waals surface area contributed by atoms with Crippen molar-refractivity contribution in [1.29, 1.82) is 0 Å². The average molecular weight is 170 g/mol. The summed E-state index contributed by atoms with van der Waals surface area (Å²) < 4.78 is 4.41. The van der Waals surface area contributed by atoms with E-state index in [9.17, 15) is 9.59 Å². The molecule has 0 aromatic carbocycles. The van der Waals surface area contributed by atoms with E-state index in [1.807, 2.05) is 13.8 Å². The molecule has 0 spiro atoms. The number of ether oxygens (including phenoxy) is 1. The fourth-order valence-corrected chi connectivity index (χ4v) is 1.35. The fourth-order valence-electron chi connectivity index (χ4n) is 1.35. The fraction of sp³-hybridized carbons (Fsp3) is 0.778. The van der Waals surface area contributed by atoms with E-state index >= 15 is 0 Å². The molecule has 1 fully saturated rings. The van der Waals surface area contributed by atoms with Crippen LogP contribution in [0.1, 0.15) is 26.7 Å². The summed E-state index contributed by atoms with van der Waals surface area (Å²) in [4.78, 5) is 22.0. The van der Waals surface area contributed by atoms with Crippen LogP contribution in [0.4, 0.5) is 0 Å². The Bertz CT molecular complexity index is 218. The van der Waals surface area contributed by atoms with Gasteiger partial charge in [-0.05, 0) is 11.8 Å². The van der Waals surface area contributed by atoms with Crippen LogP contribution in [0.25, 0.3) is 0 Å². The molecule has 3 heteroatoms. The third kappa shape index (κ3) is 1.84. The van der Waals surface area contributed by atoms with Gasteiger partial charge < -0.3 is 4.74 Å². The number of esters is 1. The SMILES string of the molecule is COC(=O)CC(=O)C1CC1(C)C. The van der Waals surface area contributed by atoms with E-state index in [1.54, 1.807) is 0 Å². The number of carbonyl (C=O) groups excluding carboxylic acids is 2. The summed E-state index contributed by atoms with van der Waals surface area (Å²) in [6.45, 7) is 4.07. The molecule has 1 rings (SSSR count). The summed E-state index contributed by atoms with van der Waals surface area (Å²) in [7, 11) is 1.30. The second kappa shape index (κ2) is 2.88. The monoisotopic (exact) mass is 170 g/mol. The summed E-state index contributed by atoms with van der Waals surface area (Å²) in [5.74, 6) is -0.328. The Morgan fingerprint density at radius 1 is 1.50 bits per heavy atom. The molecule has 1 saturated carbocycles. The summed E-state index contributed by atoms with van der Waals surface area (Å²) in [5, 5.41) is 0. The van der Waals surface area contributed by atoms with E-state index in [0.29, 0.717) is 0 Å². The van der Waals surface area contributed by atoms with Crippen molar-refractivity contribution in [3.8, 4) is 0 Å². The van der Waals surface area contributed by atoms with Crippen LogP contribution in [0, 0.1) is 11.3 Å². The molecule has 0 saturated heterocycles. The summed E-state index contributed by atoms with van der Waals surface area (Å²) in [6.07, 6.45) is 0.841. The van der Waals surface area contributed by atoms with Gasteiger partial charge in [-0.25, -0.2) is 0 Å². The summed E-state index contributed by atoms with van der Waals surface area (Å²) in [6, 6.07) is 0. The number of ketones is 1. The molecule has 0 N–H and O–H groups in total. The van der Waals surface area contributed by atoms with Gasteiger partial charge in [0.25, 0.3) is 0 Å². The largest absolute Gasteiger partial charge is 0.469 e. The van der Waals surface area contributed by atoms with E-state index in [2.05, 4.69) is 4.74 Å². The minimum Gasteiger partial charge on any atom is -0.469 e. The van der Waals surface area contributed by atoms with Crippen LogP contribution in [0.3, 0.4) is 0 Å². The molecule has 1 unspecified atom stereocenters. The van der Waals surface area contributed by atoms with Crippen LogP contribution >= 0.6 is 0 Å². The van der Waals surface area contributed by atoms with E-state index in [4.69, 9.17) is 0 Å². The number of hydrogen-bond donors (Lipinski definition) is 0. The van der Waals surface area contributed by atoms with Crippen LogP contribution < -0.4 is 0 Å². The Morgan fingerprint density at radius 2 is 2.00 bits per heavy atom. The lowest BCUT2D eigenvalue weighted by Crippen LogP contribution is -2.13. The smallest absolute Gasteiger partial charge is 0.313 e. The highest BCUT2D eigenvalue weighted by Crippen LogP contribution is 2.52. The predicted molar refractivity (Wildman–Crippen MR) is 43.5 cm³/mol. The first-order valence-corrected chi connectivity index (χ1v) is 4.07. The number of rotatable bonds is 3. The summed E-state index contributed by atoms with van der Waals surface area (Å²) in [5.41, 5.74) is 0.116. The van der Waals surface area contributed by atoms with Crippen molar-refractivity contribution >= 4 is 11.8 Å². The number of Topliss-reactive ketones (excluding diaryl/α,β-unsaturated/α-hetero) is 1. The molecule has 1 atom stereocenters. The minimum atomic E-state index is -0.428. The third-order valence-electron chi connectivity index (χ3n) is 2.45. The molecule has 0 aliphatic heterocycles. The van der Waals surface area contributed by atoms with Crippen LogP contribution in [0.15, 0.2) is 0 Å². The van der Waals surface area contributed by atoms with Crippen LogP contribution in [-0.4, -0.2) is 18.9 Å². The second-order valence-corrected chi connectivity index (χ2v) is 3.96. The average Bonchev–Trinajstić information content (AvgIpc) is 2.59. The van der Waals surface area contributed by atoms with Crippen molar-refractivity contribution in [2.24, 2.45) is 11.3 Å². The number of hydrogen-bond acceptors (Lipinski definition) is 3. The second-order valence-electron chi connectivity index (χ2n) is 3.96. The standard InChI is InChI=1S/C9H14O3/c1-9(2)5-6(9)7(10)4-8(11)12-3/h6H,4-5H2,1-3H3. The highest BCUT2D eigenvalue weighted by molar-refractivity contribution is 5.98. The van der Waals surface area contributed by atoms with Crippen molar-refractivity contribution in [3.05, 3.63) is 0 Å². The van der Waals surface area contributed by atoms with E-state index in [-0.39, 0.29) is 23.5 Å². The maximum atomic E-state index is 11.3. The molecule has 68 valence electrons. The van der Waals surface area contributed by atoms with E-state index in [1.165, 1.54) is 7.11 Å².